The van der Waals surface area contributed by atoms with E-state index < -0.39 is 0 Å². The number of aromatic nitrogens is 2. The Morgan fingerprint density at radius 1 is 1.47 bits per heavy atom. The first kappa shape index (κ1) is 12.6. The zero-order valence-electron chi connectivity index (χ0n) is 11.2. The average Bonchev–Trinajstić information content (AvgIpc) is 2.91. The molecule has 4 heteroatoms. The summed E-state index contributed by atoms with van der Waals surface area (Å²) < 4.78 is 2.24. The monoisotopic (exact) mass is 236 g/mol. The van der Waals surface area contributed by atoms with Crippen LogP contribution in [0.25, 0.3) is 0 Å². The first-order chi connectivity index (χ1) is 8.24. The molecular weight excluding hydrogens is 212 g/mol. The maximum Gasteiger partial charge on any atom is 0.0658 e. The Balaban J connectivity index is 2.10. The van der Waals surface area contributed by atoms with Gasteiger partial charge in [-0.3, -0.25) is 4.68 Å². The normalized spacial score (nSPS) is 20.1. The lowest BCUT2D eigenvalue weighted by Crippen LogP contribution is -2.16. The summed E-state index contributed by atoms with van der Waals surface area (Å²) in [6.07, 6.45) is 3.53. The third-order valence-corrected chi connectivity index (χ3v) is 3.71. The molecule has 2 heterocycles. The molecule has 1 atom stereocenters. The fraction of sp³-hybridized carbons (Fsp3) is 0.769. The first-order valence-electron chi connectivity index (χ1n) is 6.64. The number of aryl methyl sites for hydroxylation is 1. The van der Waals surface area contributed by atoms with Crippen LogP contribution in [0.1, 0.15) is 35.8 Å². The molecule has 96 valence electrons. The van der Waals surface area contributed by atoms with Gasteiger partial charge >= 0.3 is 0 Å². The van der Waals surface area contributed by atoms with E-state index in [1.54, 1.807) is 0 Å². The van der Waals surface area contributed by atoms with Crippen LogP contribution in [0.3, 0.4) is 0 Å². The molecule has 1 saturated heterocycles. The van der Waals surface area contributed by atoms with E-state index >= 15 is 0 Å². The molecule has 2 rings (SSSR count). The van der Waals surface area contributed by atoms with Gasteiger partial charge in [-0.15, -0.1) is 0 Å². The average molecular weight is 236 g/mol. The SMILES string of the molecule is CNCCCc1c(C)nn(C2CCNC2)c1C. The van der Waals surface area contributed by atoms with Gasteiger partial charge in [0.2, 0.25) is 0 Å². The topological polar surface area (TPSA) is 41.9 Å². The van der Waals surface area contributed by atoms with E-state index in [2.05, 4.69) is 29.2 Å². The Bertz CT molecular complexity index is 364. The van der Waals surface area contributed by atoms with Crippen molar-refractivity contribution in [3.05, 3.63) is 17.0 Å². The molecule has 0 radical (unpaired) electrons. The second-order valence-corrected chi connectivity index (χ2v) is 4.95. The first-order valence-corrected chi connectivity index (χ1v) is 6.64. The summed E-state index contributed by atoms with van der Waals surface area (Å²) in [6, 6.07) is 0.562. The van der Waals surface area contributed by atoms with Crippen molar-refractivity contribution in [2.45, 2.75) is 39.2 Å². The standard InChI is InChI=1S/C13H24N4/c1-10-13(5-4-7-14-3)11(2)17(16-10)12-6-8-15-9-12/h12,14-15H,4-9H2,1-3H3. The molecule has 0 amide bonds. The molecule has 4 nitrogen and oxygen atoms in total. The van der Waals surface area contributed by atoms with Crippen LogP contribution in [0.5, 0.6) is 0 Å². The smallest absolute Gasteiger partial charge is 0.0658 e. The summed E-state index contributed by atoms with van der Waals surface area (Å²) in [5.41, 5.74) is 4.03. The van der Waals surface area contributed by atoms with Gasteiger partial charge < -0.3 is 10.6 Å². The second-order valence-electron chi connectivity index (χ2n) is 4.95. The maximum absolute atomic E-state index is 4.73. The van der Waals surface area contributed by atoms with Crippen molar-refractivity contribution < 1.29 is 0 Å². The third-order valence-electron chi connectivity index (χ3n) is 3.71. The van der Waals surface area contributed by atoms with Gasteiger partial charge in [-0.25, -0.2) is 0 Å². The summed E-state index contributed by atoms with van der Waals surface area (Å²) in [7, 11) is 2.01. The van der Waals surface area contributed by atoms with Crippen LogP contribution in [0.4, 0.5) is 0 Å². The number of hydrogen-bond acceptors (Lipinski definition) is 3. The van der Waals surface area contributed by atoms with E-state index in [0.717, 1.165) is 26.1 Å². The van der Waals surface area contributed by atoms with E-state index in [1.165, 1.54) is 29.8 Å². The Morgan fingerprint density at radius 2 is 2.29 bits per heavy atom. The molecule has 1 fully saturated rings. The molecule has 17 heavy (non-hydrogen) atoms. The summed E-state index contributed by atoms with van der Waals surface area (Å²) in [4.78, 5) is 0. The fourth-order valence-corrected chi connectivity index (χ4v) is 2.70. The van der Waals surface area contributed by atoms with Gasteiger partial charge in [0.15, 0.2) is 0 Å². The molecule has 1 aromatic rings. The zero-order chi connectivity index (χ0) is 12.3. The van der Waals surface area contributed by atoms with Crippen LogP contribution in [0, 0.1) is 13.8 Å². The van der Waals surface area contributed by atoms with E-state index in [9.17, 15) is 0 Å². The molecule has 1 aliphatic heterocycles. The van der Waals surface area contributed by atoms with Crippen molar-refractivity contribution in [1.29, 1.82) is 0 Å². The molecule has 0 aromatic carbocycles. The molecule has 1 aromatic heterocycles. The zero-order valence-corrected chi connectivity index (χ0v) is 11.2. The van der Waals surface area contributed by atoms with Gasteiger partial charge in [0.05, 0.1) is 11.7 Å². The minimum Gasteiger partial charge on any atom is -0.320 e. The van der Waals surface area contributed by atoms with Gasteiger partial charge in [-0.05, 0) is 58.8 Å². The highest BCUT2D eigenvalue weighted by Gasteiger charge is 2.21. The summed E-state index contributed by atoms with van der Waals surface area (Å²) in [6.45, 7) is 7.62. The van der Waals surface area contributed by atoms with Crippen molar-refractivity contribution in [2.75, 3.05) is 26.7 Å². The molecular formula is C13H24N4. The van der Waals surface area contributed by atoms with Crippen LogP contribution in [0.2, 0.25) is 0 Å². The molecule has 1 aliphatic rings. The number of nitrogens with zero attached hydrogens (tertiary/aromatic N) is 2. The summed E-state index contributed by atoms with van der Waals surface area (Å²) in [5, 5.41) is 11.3. The Hall–Kier alpha value is -0.870. The Labute approximate surface area is 104 Å². The van der Waals surface area contributed by atoms with Crippen molar-refractivity contribution >= 4 is 0 Å². The summed E-state index contributed by atoms with van der Waals surface area (Å²) >= 11 is 0. The number of hydrogen-bond donors (Lipinski definition) is 2. The second kappa shape index (κ2) is 5.65. The van der Waals surface area contributed by atoms with Crippen molar-refractivity contribution in [1.82, 2.24) is 20.4 Å². The predicted octanol–water partition coefficient (Wildman–Crippen LogP) is 1.19. The predicted molar refractivity (Wildman–Crippen MR) is 70.5 cm³/mol. The number of nitrogens with one attached hydrogen (secondary N) is 2. The molecule has 0 bridgehead atoms. The van der Waals surface area contributed by atoms with Crippen LogP contribution >= 0.6 is 0 Å². The molecule has 0 saturated carbocycles. The maximum atomic E-state index is 4.73. The highest BCUT2D eigenvalue weighted by molar-refractivity contribution is 5.25. The number of rotatable bonds is 5. The van der Waals surface area contributed by atoms with Crippen LogP contribution < -0.4 is 10.6 Å². The fourth-order valence-electron chi connectivity index (χ4n) is 2.70. The van der Waals surface area contributed by atoms with E-state index in [4.69, 9.17) is 5.10 Å². The van der Waals surface area contributed by atoms with Crippen LogP contribution in [-0.2, 0) is 6.42 Å². The minimum absolute atomic E-state index is 0.562. The molecule has 0 aliphatic carbocycles. The van der Waals surface area contributed by atoms with E-state index in [-0.39, 0.29) is 0 Å². The van der Waals surface area contributed by atoms with Crippen molar-refractivity contribution in [3.8, 4) is 0 Å². The molecule has 0 spiro atoms. The highest BCUT2D eigenvalue weighted by Crippen LogP contribution is 2.22. The Kier molecular flexibility index (Phi) is 4.18. The largest absolute Gasteiger partial charge is 0.320 e. The third kappa shape index (κ3) is 2.69. The minimum atomic E-state index is 0.562. The van der Waals surface area contributed by atoms with E-state index in [1.807, 2.05) is 7.05 Å². The lowest BCUT2D eigenvalue weighted by molar-refractivity contribution is 0.476. The van der Waals surface area contributed by atoms with Crippen molar-refractivity contribution in [2.24, 2.45) is 0 Å². The lowest BCUT2D eigenvalue weighted by Gasteiger charge is -2.12. The van der Waals surface area contributed by atoms with E-state index in [0.29, 0.717) is 6.04 Å². The summed E-state index contributed by atoms with van der Waals surface area (Å²) in [5.74, 6) is 0. The van der Waals surface area contributed by atoms with Crippen LogP contribution in [0.15, 0.2) is 0 Å². The lowest BCUT2D eigenvalue weighted by atomic mass is 10.1. The van der Waals surface area contributed by atoms with Crippen molar-refractivity contribution in [3.63, 3.8) is 0 Å². The van der Waals surface area contributed by atoms with Gasteiger partial charge in [0, 0.05) is 12.2 Å². The van der Waals surface area contributed by atoms with Gasteiger partial charge in [-0.1, -0.05) is 0 Å². The Morgan fingerprint density at radius 3 is 2.94 bits per heavy atom. The quantitative estimate of drug-likeness (QED) is 0.755. The van der Waals surface area contributed by atoms with Crippen LogP contribution in [-0.4, -0.2) is 36.5 Å². The molecule has 2 N–H and O–H groups in total. The highest BCUT2D eigenvalue weighted by atomic mass is 15.3. The van der Waals surface area contributed by atoms with Gasteiger partial charge in [0.1, 0.15) is 0 Å². The molecule has 1 unspecified atom stereocenters. The van der Waals surface area contributed by atoms with Gasteiger partial charge in [0.25, 0.3) is 0 Å². The van der Waals surface area contributed by atoms with Gasteiger partial charge in [-0.2, -0.15) is 5.10 Å².